The Morgan fingerprint density at radius 3 is 1.02 bits per heavy atom. The maximum atomic E-state index is 13.9. The molecule has 0 saturated carbocycles. The molecule has 0 saturated heterocycles. The standard InChI is InChI=1S/C28H24O.C17H14F6O2.C15H16O3S.C14H14O2/c1-18-12-13-21(16-19(18)2)28(22-14-15-27(29)20(3)17-22)25-10-6-4-8-23(25)24-9-5-7-11-26(24)28;1-9-7-11(3-5-13(9)24)15(16(18,19)20,17(21,22)23)12-4-6-14(25)10(2)8-12;1-10-4-5-13(8-11(10)2)19(17,18)14-6-7-15(16)12(3)9-14;1-9-3-5-11(7-13(9)15)12-6-4-10(2)14(16)8-12/h4-17,29H,1-3H3;3-8,24-25H,1-2H3;4-9,16H,1-3H3;3-8,15-16H,1-2H3. The van der Waals surface area contributed by atoms with Gasteiger partial charge in [-0.05, 0) is 241 Å². The molecule has 89 heavy (non-hydrogen) atoms. The van der Waals surface area contributed by atoms with Crippen LogP contribution in [0.2, 0.25) is 0 Å². The van der Waals surface area contributed by atoms with Gasteiger partial charge in [0, 0.05) is 0 Å². The molecule has 0 atom stereocenters. The summed E-state index contributed by atoms with van der Waals surface area (Å²) in [6, 6.07) is 54.9. The molecule has 0 aliphatic heterocycles. The molecule has 10 aromatic rings. The molecule has 0 heterocycles. The first-order valence-electron chi connectivity index (χ1n) is 28.3. The number of phenolic OH excluding ortho intramolecular Hbond substituents is 6. The van der Waals surface area contributed by atoms with Gasteiger partial charge in [-0.3, -0.25) is 0 Å². The van der Waals surface area contributed by atoms with E-state index in [1.54, 1.807) is 37.3 Å². The number of rotatable bonds is 7. The lowest BCUT2D eigenvalue weighted by atomic mass is 9.67. The third-order valence-corrected chi connectivity index (χ3v) is 18.4. The molecule has 10 aromatic carbocycles. The van der Waals surface area contributed by atoms with Crippen molar-refractivity contribution in [3.05, 3.63) is 283 Å². The summed E-state index contributed by atoms with van der Waals surface area (Å²) >= 11 is 0. The summed E-state index contributed by atoms with van der Waals surface area (Å²) in [6.07, 6.45) is -11.4. The van der Waals surface area contributed by atoms with E-state index in [4.69, 9.17) is 0 Å². The van der Waals surface area contributed by atoms with Crippen molar-refractivity contribution in [2.24, 2.45) is 0 Å². The van der Waals surface area contributed by atoms with E-state index in [-0.39, 0.29) is 38.2 Å². The van der Waals surface area contributed by atoms with Crippen molar-refractivity contribution in [2.45, 2.75) is 102 Å². The summed E-state index contributed by atoms with van der Waals surface area (Å²) in [7, 11) is -3.53. The minimum Gasteiger partial charge on any atom is -0.508 e. The summed E-state index contributed by atoms with van der Waals surface area (Å²) in [5.41, 5.74) is 10.1. The number of halogens is 6. The molecule has 11 rings (SSSR count). The van der Waals surface area contributed by atoms with E-state index in [0.717, 1.165) is 51.1 Å². The third-order valence-electron chi connectivity index (χ3n) is 16.7. The molecule has 0 unspecified atom stereocenters. The van der Waals surface area contributed by atoms with Gasteiger partial charge in [0.1, 0.15) is 34.5 Å². The highest BCUT2D eigenvalue weighted by molar-refractivity contribution is 7.91. The minimum absolute atomic E-state index is 0.0963. The smallest absolute Gasteiger partial charge is 0.411 e. The summed E-state index contributed by atoms with van der Waals surface area (Å²) in [5.74, 6) is 0.158. The number of alkyl halides is 6. The van der Waals surface area contributed by atoms with Crippen LogP contribution in [0, 0.1) is 69.2 Å². The van der Waals surface area contributed by atoms with Crippen LogP contribution < -0.4 is 0 Å². The Morgan fingerprint density at radius 2 is 0.640 bits per heavy atom. The van der Waals surface area contributed by atoms with E-state index in [2.05, 4.69) is 92.7 Å². The Labute approximate surface area is 514 Å². The van der Waals surface area contributed by atoms with Crippen LogP contribution in [0.5, 0.6) is 34.5 Å². The van der Waals surface area contributed by atoms with Gasteiger partial charge in [0.2, 0.25) is 15.3 Å². The van der Waals surface area contributed by atoms with Crippen LogP contribution >= 0.6 is 0 Å². The SMILES string of the molecule is Cc1cc(C(c2ccc(O)c(C)c2)(C(F)(F)F)C(F)(F)F)ccc1O.Cc1ccc(-c2ccc(C)c(O)c2)cc1O.Cc1ccc(C2(c3ccc(O)c(C)c3)c3ccccc3-c3ccccc32)cc1C.Cc1ccc(S(=O)(=O)c2ccc(O)c(C)c2)cc1C. The lowest BCUT2D eigenvalue weighted by molar-refractivity contribution is -0.288. The second-order valence-electron chi connectivity index (χ2n) is 22.6. The van der Waals surface area contributed by atoms with E-state index in [1.165, 1.54) is 76.6 Å². The van der Waals surface area contributed by atoms with Gasteiger partial charge in [-0.1, -0.05) is 133 Å². The fraction of sp³-hybridized carbons (Fsp3) is 0.189. The second kappa shape index (κ2) is 25.3. The van der Waals surface area contributed by atoms with Gasteiger partial charge in [-0.25, -0.2) is 8.42 Å². The summed E-state index contributed by atoms with van der Waals surface area (Å²) in [6.45, 7) is 17.9. The average molecular weight is 1230 g/mol. The molecule has 8 nitrogen and oxygen atoms in total. The monoisotopic (exact) mass is 1230 g/mol. The molecular formula is C74H68F6O8S. The Kier molecular flexibility index (Phi) is 18.6. The van der Waals surface area contributed by atoms with Crippen LogP contribution in [-0.2, 0) is 20.7 Å². The quantitative estimate of drug-likeness (QED) is 0.0862. The maximum Gasteiger partial charge on any atom is 0.411 e. The van der Waals surface area contributed by atoms with Gasteiger partial charge in [0.05, 0.1) is 15.2 Å². The summed E-state index contributed by atoms with van der Waals surface area (Å²) in [5, 5.41) is 57.9. The lowest BCUT2D eigenvalue weighted by Gasteiger charge is -2.38. The van der Waals surface area contributed by atoms with Gasteiger partial charge >= 0.3 is 12.4 Å². The number of benzene rings is 10. The van der Waals surface area contributed by atoms with E-state index < -0.39 is 55.6 Å². The van der Waals surface area contributed by atoms with Gasteiger partial charge in [-0.15, -0.1) is 0 Å². The molecular weight excluding hydrogens is 1160 g/mol. The van der Waals surface area contributed by atoms with E-state index >= 15 is 0 Å². The van der Waals surface area contributed by atoms with Crippen LogP contribution in [0.25, 0.3) is 22.3 Å². The Morgan fingerprint density at radius 1 is 0.315 bits per heavy atom. The zero-order chi connectivity index (χ0) is 65.3. The highest BCUT2D eigenvalue weighted by Crippen LogP contribution is 2.58. The van der Waals surface area contributed by atoms with Gasteiger partial charge in [-0.2, -0.15) is 26.3 Å². The van der Waals surface area contributed by atoms with Crippen molar-refractivity contribution in [3.8, 4) is 56.8 Å². The predicted molar refractivity (Wildman–Crippen MR) is 337 cm³/mol. The molecule has 1 aliphatic carbocycles. The first kappa shape index (κ1) is 65.5. The van der Waals surface area contributed by atoms with Crippen LogP contribution in [0.4, 0.5) is 26.3 Å². The fourth-order valence-electron chi connectivity index (χ4n) is 11.0. The number of fused-ring (bicyclic) bond motifs is 3. The molecule has 0 radical (unpaired) electrons. The van der Waals surface area contributed by atoms with Crippen molar-refractivity contribution in [2.75, 3.05) is 0 Å². The number of sulfone groups is 1. The van der Waals surface area contributed by atoms with E-state index in [9.17, 15) is 65.4 Å². The van der Waals surface area contributed by atoms with Crippen molar-refractivity contribution in [1.82, 2.24) is 0 Å². The van der Waals surface area contributed by atoms with Gasteiger partial charge in [0.25, 0.3) is 0 Å². The van der Waals surface area contributed by atoms with E-state index in [0.29, 0.717) is 35.6 Å². The van der Waals surface area contributed by atoms with Crippen LogP contribution in [0.1, 0.15) is 89.0 Å². The number of hydrogen-bond donors (Lipinski definition) is 6. The fourth-order valence-corrected chi connectivity index (χ4v) is 12.5. The van der Waals surface area contributed by atoms with Crippen molar-refractivity contribution in [1.29, 1.82) is 0 Å². The largest absolute Gasteiger partial charge is 0.508 e. The summed E-state index contributed by atoms with van der Waals surface area (Å²) < 4.78 is 108. The zero-order valence-corrected chi connectivity index (χ0v) is 51.5. The van der Waals surface area contributed by atoms with Crippen molar-refractivity contribution < 1.29 is 65.4 Å². The number of aromatic hydroxyl groups is 6. The zero-order valence-electron chi connectivity index (χ0n) is 50.7. The molecule has 460 valence electrons. The third kappa shape index (κ3) is 12.7. The summed E-state index contributed by atoms with van der Waals surface area (Å²) in [4.78, 5) is 0.478. The average Bonchev–Trinajstić information content (AvgIpc) is 1.72. The Balaban J connectivity index is 0.000000157. The normalized spacial score (nSPS) is 12.5. The maximum absolute atomic E-state index is 13.9. The van der Waals surface area contributed by atoms with Gasteiger partial charge in [0.15, 0.2) is 0 Å². The molecule has 0 bridgehead atoms. The molecule has 1 aliphatic rings. The Hall–Kier alpha value is -9.47. The second-order valence-corrected chi connectivity index (χ2v) is 24.5. The first-order valence-corrected chi connectivity index (χ1v) is 29.8. The van der Waals surface area contributed by atoms with Crippen molar-refractivity contribution >= 4 is 9.84 Å². The number of phenols is 6. The molecule has 0 amide bonds. The van der Waals surface area contributed by atoms with Crippen LogP contribution in [0.3, 0.4) is 0 Å². The molecule has 6 N–H and O–H groups in total. The van der Waals surface area contributed by atoms with E-state index in [1.807, 2.05) is 65.0 Å². The minimum atomic E-state index is -5.71. The predicted octanol–water partition coefficient (Wildman–Crippen LogP) is 18.3. The van der Waals surface area contributed by atoms with Crippen LogP contribution in [0.15, 0.2) is 204 Å². The molecule has 15 heteroatoms. The molecule has 0 aromatic heterocycles. The van der Waals surface area contributed by atoms with Gasteiger partial charge < -0.3 is 30.6 Å². The highest BCUT2D eigenvalue weighted by Gasteiger charge is 2.72. The van der Waals surface area contributed by atoms with Crippen molar-refractivity contribution in [3.63, 3.8) is 0 Å². The number of hydrogen-bond acceptors (Lipinski definition) is 8. The van der Waals surface area contributed by atoms with Crippen LogP contribution in [-0.4, -0.2) is 51.4 Å². The number of aryl methyl sites for hydroxylation is 10. The highest BCUT2D eigenvalue weighted by atomic mass is 32.2. The lowest BCUT2D eigenvalue weighted by Crippen LogP contribution is -2.54. The topological polar surface area (TPSA) is 156 Å². The Bertz CT molecular complexity index is 4140. The first-order chi connectivity index (χ1) is 41.7. The molecule has 0 spiro atoms. The molecule has 0 fully saturated rings.